The molecule has 2 aromatic carbocycles. The molecular formula is C26H17ClFN5O. The summed E-state index contributed by atoms with van der Waals surface area (Å²) < 4.78 is 14.4. The first-order valence-corrected chi connectivity index (χ1v) is 10.9. The number of rotatable bonds is 5. The molecule has 5 rings (SSSR count). The van der Waals surface area contributed by atoms with Crippen LogP contribution in [0.5, 0.6) is 0 Å². The number of hydrogen-bond acceptors (Lipinski definition) is 4. The van der Waals surface area contributed by atoms with Crippen molar-refractivity contribution in [3.05, 3.63) is 106 Å². The molecular weight excluding hydrogens is 453 g/mol. The third kappa shape index (κ3) is 4.32. The van der Waals surface area contributed by atoms with Gasteiger partial charge in [-0.3, -0.25) is 9.78 Å². The number of amides is 1. The summed E-state index contributed by atoms with van der Waals surface area (Å²) in [5.74, 6) is -0.746. The summed E-state index contributed by atoms with van der Waals surface area (Å²) in [4.78, 5) is 24.3. The number of fused-ring (bicyclic) bond motifs is 2. The van der Waals surface area contributed by atoms with Gasteiger partial charge in [-0.15, -0.1) is 0 Å². The van der Waals surface area contributed by atoms with E-state index in [-0.39, 0.29) is 12.5 Å². The second kappa shape index (κ2) is 8.93. The Hall–Kier alpha value is -4.28. The topological polar surface area (TPSA) is 94.5 Å². The molecule has 0 radical (unpaired) electrons. The second-order valence-corrected chi connectivity index (χ2v) is 8.26. The second-order valence-electron chi connectivity index (χ2n) is 7.86. The monoisotopic (exact) mass is 469 g/mol. The molecule has 0 aliphatic heterocycles. The fraction of sp³-hybridized carbons (Fsp3) is 0.0769. The van der Waals surface area contributed by atoms with Gasteiger partial charge < -0.3 is 10.3 Å². The Morgan fingerprint density at radius 2 is 2.03 bits per heavy atom. The van der Waals surface area contributed by atoms with E-state index in [1.807, 2.05) is 30.3 Å². The first kappa shape index (κ1) is 21.6. The Balaban J connectivity index is 1.30. The maximum absolute atomic E-state index is 14.4. The maximum atomic E-state index is 14.4. The van der Waals surface area contributed by atoms with Gasteiger partial charge in [0.1, 0.15) is 17.6 Å². The van der Waals surface area contributed by atoms with E-state index in [9.17, 15) is 9.18 Å². The van der Waals surface area contributed by atoms with Crippen molar-refractivity contribution in [1.82, 2.24) is 20.3 Å². The summed E-state index contributed by atoms with van der Waals surface area (Å²) in [5.41, 5.74) is 4.23. The van der Waals surface area contributed by atoms with Gasteiger partial charge in [0.25, 0.3) is 5.91 Å². The Kier molecular flexibility index (Phi) is 5.66. The maximum Gasteiger partial charge on any atom is 0.251 e. The first-order valence-electron chi connectivity index (χ1n) is 10.5. The van der Waals surface area contributed by atoms with Gasteiger partial charge >= 0.3 is 0 Å². The van der Waals surface area contributed by atoms with Gasteiger partial charge in [0.2, 0.25) is 0 Å². The van der Waals surface area contributed by atoms with Crippen LogP contribution in [0.15, 0.2) is 67.0 Å². The summed E-state index contributed by atoms with van der Waals surface area (Å²) in [6, 6.07) is 17.7. The van der Waals surface area contributed by atoms with Crippen LogP contribution < -0.4 is 5.32 Å². The minimum absolute atomic E-state index is 0.0299. The summed E-state index contributed by atoms with van der Waals surface area (Å²) >= 11 is 6.12. The van der Waals surface area contributed by atoms with E-state index >= 15 is 0 Å². The van der Waals surface area contributed by atoms with Crippen LogP contribution >= 0.6 is 11.6 Å². The van der Waals surface area contributed by atoms with Gasteiger partial charge in [-0.25, -0.2) is 9.37 Å². The zero-order valence-electron chi connectivity index (χ0n) is 17.8. The van der Waals surface area contributed by atoms with Crippen LogP contribution in [0.2, 0.25) is 5.02 Å². The number of halogens is 2. The smallest absolute Gasteiger partial charge is 0.251 e. The molecule has 2 N–H and O–H groups in total. The van der Waals surface area contributed by atoms with Crippen LogP contribution in [0.3, 0.4) is 0 Å². The van der Waals surface area contributed by atoms with Gasteiger partial charge in [0.05, 0.1) is 10.5 Å². The number of pyridine rings is 2. The lowest BCUT2D eigenvalue weighted by molar-refractivity contribution is 0.0950. The van der Waals surface area contributed by atoms with E-state index in [1.165, 1.54) is 6.07 Å². The minimum atomic E-state index is -0.422. The summed E-state index contributed by atoms with van der Waals surface area (Å²) in [5, 5.41) is 13.9. The molecule has 0 spiro atoms. The molecule has 0 saturated heterocycles. The van der Waals surface area contributed by atoms with Crippen molar-refractivity contribution >= 4 is 39.3 Å². The predicted molar refractivity (Wildman–Crippen MR) is 128 cm³/mol. The number of aromatic nitrogens is 3. The van der Waals surface area contributed by atoms with E-state index in [1.54, 1.807) is 36.7 Å². The Bertz CT molecular complexity index is 1600. The molecule has 8 heteroatoms. The van der Waals surface area contributed by atoms with Crippen molar-refractivity contribution in [2.45, 2.75) is 13.0 Å². The highest BCUT2D eigenvalue weighted by Crippen LogP contribution is 2.26. The molecule has 34 heavy (non-hydrogen) atoms. The fourth-order valence-corrected chi connectivity index (χ4v) is 4.05. The molecule has 0 unspecified atom stereocenters. The number of nitrogens with one attached hydrogen (secondary N) is 2. The molecule has 5 aromatic rings. The Morgan fingerprint density at radius 1 is 1.15 bits per heavy atom. The molecule has 3 heterocycles. The molecule has 0 bridgehead atoms. The highest BCUT2D eigenvalue weighted by molar-refractivity contribution is 6.35. The number of carbonyl (C=O) groups is 1. The Morgan fingerprint density at radius 3 is 2.88 bits per heavy atom. The quantitative estimate of drug-likeness (QED) is 0.365. The molecule has 6 nitrogen and oxygen atoms in total. The Labute approximate surface area is 199 Å². The largest absolute Gasteiger partial charge is 0.360 e. The predicted octanol–water partition coefficient (Wildman–Crippen LogP) is 5.30. The van der Waals surface area contributed by atoms with Gasteiger partial charge in [-0.2, -0.15) is 5.26 Å². The standard InChI is InChI=1S/C26H17ClFN5O/c27-22-14-31-25-11-23(28)18(10-21(22)25)13-32-26(34)17-5-6-30-20(9-17)8-15-1-4-24-16(7-15)2-3-19(12-29)33-24/h1-7,9-11,14,31H,8,13H2,(H,32,34). The molecule has 0 saturated carbocycles. The van der Waals surface area contributed by atoms with Gasteiger partial charge in [0.15, 0.2) is 0 Å². The molecule has 166 valence electrons. The zero-order valence-corrected chi connectivity index (χ0v) is 18.5. The number of nitrogens with zero attached hydrogens (tertiary/aromatic N) is 3. The van der Waals surface area contributed by atoms with E-state index in [0.29, 0.717) is 39.2 Å². The normalized spacial score (nSPS) is 11.0. The number of benzene rings is 2. The van der Waals surface area contributed by atoms with Crippen LogP contribution in [0, 0.1) is 17.1 Å². The van der Waals surface area contributed by atoms with Gasteiger partial charge in [-0.1, -0.05) is 17.7 Å². The van der Waals surface area contributed by atoms with E-state index in [2.05, 4.69) is 20.3 Å². The van der Waals surface area contributed by atoms with Crippen molar-refractivity contribution in [3.8, 4) is 6.07 Å². The lowest BCUT2D eigenvalue weighted by atomic mass is 10.0. The molecule has 0 aliphatic carbocycles. The zero-order chi connectivity index (χ0) is 23.7. The molecule has 0 fully saturated rings. The molecule has 1 amide bonds. The summed E-state index contributed by atoms with van der Waals surface area (Å²) in [7, 11) is 0. The first-order chi connectivity index (χ1) is 16.5. The molecule has 0 aliphatic rings. The number of nitriles is 1. The van der Waals surface area contributed by atoms with Gasteiger partial charge in [-0.05, 0) is 54.1 Å². The summed E-state index contributed by atoms with van der Waals surface area (Å²) in [6.45, 7) is 0.0299. The van der Waals surface area contributed by atoms with Crippen molar-refractivity contribution < 1.29 is 9.18 Å². The van der Waals surface area contributed by atoms with E-state index < -0.39 is 5.82 Å². The van der Waals surface area contributed by atoms with Crippen LogP contribution in [0.4, 0.5) is 4.39 Å². The average Bonchev–Trinajstić information content (AvgIpc) is 3.21. The third-order valence-corrected chi connectivity index (χ3v) is 5.88. The fourth-order valence-electron chi connectivity index (χ4n) is 3.84. The lowest BCUT2D eigenvalue weighted by Crippen LogP contribution is -2.23. The van der Waals surface area contributed by atoms with Crippen molar-refractivity contribution in [1.29, 1.82) is 5.26 Å². The average molecular weight is 470 g/mol. The lowest BCUT2D eigenvalue weighted by Gasteiger charge is -2.09. The van der Waals surface area contributed by atoms with Gasteiger partial charge in [0, 0.05) is 58.5 Å². The number of hydrogen-bond donors (Lipinski definition) is 2. The third-order valence-electron chi connectivity index (χ3n) is 5.57. The number of aromatic amines is 1. The number of carbonyl (C=O) groups excluding carboxylic acids is 1. The number of H-pyrrole nitrogens is 1. The molecule has 3 aromatic heterocycles. The van der Waals surface area contributed by atoms with Crippen LogP contribution in [-0.4, -0.2) is 20.9 Å². The van der Waals surface area contributed by atoms with Crippen LogP contribution in [0.25, 0.3) is 21.8 Å². The summed E-state index contributed by atoms with van der Waals surface area (Å²) in [6.07, 6.45) is 3.70. The molecule has 0 atom stereocenters. The van der Waals surface area contributed by atoms with Crippen molar-refractivity contribution in [2.24, 2.45) is 0 Å². The highest BCUT2D eigenvalue weighted by atomic mass is 35.5. The van der Waals surface area contributed by atoms with E-state index in [0.717, 1.165) is 22.2 Å². The van der Waals surface area contributed by atoms with Crippen LogP contribution in [-0.2, 0) is 13.0 Å². The SMILES string of the molecule is N#Cc1ccc2cc(Cc3cc(C(=O)NCc4cc5c(Cl)c[nH]c5cc4F)ccn3)ccc2n1. The van der Waals surface area contributed by atoms with E-state index in [4.69, 9.17) is 16.9 Å². The highest BCUT2D eigenvalue weighted by Gasteiger charge is 2.12. The van der Waals surface area contributed by atoms with Crippen molar-refractivity contribution in [2.75, 3.05) is 0 Å². The van der Waals surface area contributed by atoms with Crippen LogP contribution in [0.1, 0.15) is 32.9 Å². The van der Waals surface area contributed by atoms with Crippen molar-refractivity contribution in [3.63, 3.8) is 0 Å². The minimum Gasteiger partial charge on any atom is -0.360 e.